The third-order valence-electron chi connectivity index (χ3n) is 2.61. The van der Waals surface area contributed by atoms with Gasteiger partial charge in [-0.05, 0) is 31.7 Å². The van der Waals surface area contributed by atoms with Crippen LogP contribution in [0.3, 0.4) is 0 Å². The maximum absolute atomic E-state index is 11.1. The van der Waals surface area contributed by atoms with Crippen molar-refractivity contribution in [2.45, 2.75) is 6.42 Å². The van der Waals surface area contributed by atoms with Crippen LogP contribution >= 0.6 is 0 Å². The number of hydrogen-bond acceptors (Lipinski definition) is 4. The van der Waals surface area contributed by atoms with Gasteiger partial charge in [0, 0.05) is 13.6 Å². The molecule has 0 aliphatic carbocycles. The molecule has 1 aromatic rings. The molecule has 0 spiro atoms. The molecule has 0 aliphatic rings. The predicted molar refractivity (Wildman–Crippen MR) is 72.8 cm³/mol. The molecule has 0 atom stereocenters. The summed E-state index contributed by atoms with van der Waals surface area (Å²) in [5.74, 6) is 0.707. The predicted octanol–water partition coefficient (Wildman–Crippen LogP) is 1.00. The summed E-state index contributed by atoms with van der Waals surface area (Å²) in [7, 11) is 3.52. The first-order chi connectivity index (χ1) is 9.15. The third kappa shape index (κ3) is 5.89. The van der Waals surface area contributed by atoms with Crippen molar-refractivity contribution < 1.29 is 9.53 Å². The highest BCUT2D eigenvalue weighted by atomic mass is 16.5. The highest BCUT2D eigenvalue weighted by molar-refractivity contribution is 5.77. The maximum Gasteiger partial charge on any atom is 0.233 e. The van der Waals surface area contributed by atoms with E-state index in [1.807, 2.05) is 18.0 Å². The quantitative estimate of drug-likeness (QED) is 0.744. The summed E-state index contributed by atoms with van der Waals surface area (Å²) in [6.45, 7) is 1.73. The minimum Gasteiger partial charge on any atom is -0.494 e. The number of nitrogens with zero attached hydrogens (tertiary/aromatic N) is 2. The van der Waals surface area contributed by atoms with Gasteiger partial charge in [-0.15, -0.1) is 0 Å². The molecule has 5 heteroatoms. The molecular weight excluding hydrogens is 242 g/mol. The Morgan fingerprint density at radius 1 is 1.53 bits per heavy atom. The smallest absolute Gasteiger partial charge is 0.233 e. The molecule has 0 saturated carbocycles. The monoisotopic (exact) mass is 261 g/mol. The molecule has 19 heavy (non-hydrogen) atoms. The maximum atomic E-state index is 11.1. The molecule has 0 radical (unpaired) electrons. The van der Waals surface area contributed by atoms with Crippen molar-refractivity contribution in [3.63, 3.8) is 0 Å². The highest BCUT2D eigenvalue weighted by Crippen LogP contribution is 2.12. The molecule has 1 amide bonds. The Morgan fingerprint density at radius 2 is 2.32 bits per heavy atom. The van der Waals surface area contributed by atoms with Gasteiger partial charge in [0.2, 0.25) is 5.91 Å². The zero-order valence-corrected chi connectivity index (χ0v) is 11.3. The Morgan fingerprint density at radius 3 is 3.00 bits per heavy atom. The van der Waals surface area contributed by atoms with Crippen molar-refractivity contribution in [1.29, 1.82) is 5.26 Å². The minimum atomic E-state index is 0.00476. The molecule has 0 saturated heterocycles. The zero-order chi connectivity index (χ0) is 14.1. The van der Waals surface area contributed by atoms with Gasteiger partial charge in [-0.25, -0.2) is 0 Å². The van der Waals surface area contributed by atoms with Crippen LogP contribution in [0.5, 0.6) is 5.75 Å². The van der Waals surface area contributed by atoms with Crippen LogP contribution in [0.1, 0.15) is 12.0 Å². The number of nitrogens with one attached hydrogen (secondary N) is 1. The van der Waals surface area contributed by atoms with Crippen LogP contribution < -0.4 is 10.1 Å². The standard InChI is InChI=1S/C14H19N3O2/c1-16-14(18)11-17(2)7-4-8-19-13-6-3-5-12(9-13)10-15/h3,5-6,9H,4,7-8,11H2,1-2H3,(H,16,18). The Labute approximate surface area is 113 Å². The van der Waals surface area contributed by atoms with Crippen LogP contribution in [-0.2, 0) is 4.79 Å². The van der Waals surface area contributed by atoms with E-state index in [1.54, 1.807) is 25.2 Å². The Kier molecular flexibility index (Phi) is 6.41. The van der Waals surface area contributed by atoms with Crippen LogP contribution in [0.15, 0.2) is 24.3 Å². The molecule has 5 nitrogen and oxygen atoms in total. The normalized spacial score (nSPS) is 10.0. The van der Waals surface area contributed by atoms with Crippen LogP contribution in [-0.4, -0.2) is 44.6 Å². The number of benzene rings is 1. The third-order valence-corrected chi connectivity index (χ3v) is 2.61. The van der Waals surface area contributed by atoms with Crippen LogP contribution in [0.4, 0.5) is 0 Å². The van der Waals surface area contributed by atoms with Gasteiger partial charge < -0.3 is 10.1 Å². The summed E-state index contributed by atoms with van der Waals surface area (Å²) < 4.78 is 5.55. The lowest BCUT2D eigenvalue weighted by Gasteiger charge is -2.15. The van der Waals surface area contributed by atoms with Gasteiger partial charge in [-0.2, -0.15) is 5.26 Å². The zero-order valence-electron chi connectivity index (χ0n) is 11.3. The van der Waals surface area contributed by atoms with E-state index in [0.29, 0.717) is 24.5 Å². The largest absolute Gasteiger partial charge is 0.494 e. The van der Waals surface area contributed by atoms with E-state index in [0.717, 1.165) is 13.0 Å². The highest BCUT2D eigenvalue weighted by Gasteiger charge is 2.04. The second-order valence-electron chi connectivity index (χ2n) is 4.25. The van der Waals surface area contributed by atoms with E-state index in [-0.39, 0.29) is 5.91 Å². The molecule has 0 fully saturated rings. The van der Waals surface area contributed by atoms with Crippen molar-refractivity contribution in [2.75, 3.05) is 33.8 Å². The fourth-order valence-electron chi connectivity index (χ4n) is 1.58. The average molecular weight is 261 g/mol. The van der Waals surface area contributed by atoms with Gasteiger partial charge in [0.1, 0.15) is 5.75 Å². The SMILES string of the molecule is CNC(=O)CN(C)CCCOc1cccc(C#N)c1. The van der Waals surface area contributed by atoms with Crippen LogP contribution in [0.2, 0.25) is 0 Å². The number of carbonyl (C=O) groups excluding carboxylic acids is 1. The second kappa shape index (κ2) is 8.11. The number of rotatable bonds is 7. The van der Waals surface area contributed by atoms with Crippen LogP contribution in [0.25, 0.3) is 0 Å². The fraction of sp³-hybridized carbons (Fsp3) is 0.429. The summed E-state index contributed by atoms with van der Waals surface area (Å²) in [6, 6.07) is 9.15. The molecule has 0 aromatic heterocycles. The van der Waals surface area contributed by atoms with Crippen molar-refractivity contribution >= 4 is 5.91 Å². The van der Waals surface area contributed by atoms with E-state index in [2.05, 4.69) is 11.4 Å². The van der Waals surface area contributed by atoms with Crippen LogP contribution in [0, 0.1) is 11.3 Å². The Hall–Kier alpha value is -2.06. The van der Waals surface area contributed by atoms with Gasteiger partial charge in [-0.3, -0.25) is 9.69 Å². The van der Waals surface area contributed by atoms with Crippen molar-refractivity contribution in [1.82, 2.24) is 10.2 Å². The van der Waals surface area contributed by atoms with Gasteiger partial charge >= 0.3 is 0 Å². The first-order valence-corrected chi connectivity index (χ1v) is 6.18. The average Bonchev–Trinajstić information content (AvgIpc) is 2.43. The lowest BCUT2D eigenvalue weighted by Crippen LogP contribution is -2.33. The fourth-order valence-corrected chi connectivity index (χ4v) is 1.58. The molecule has 0 unspecified atom stereocenters. The van der Waals surface area contributed by atoms with E-state index < -0.39 is 0 Å². The molecule has 102 valence electrons. The van der Waals surface area contributed by atoms with Gasteiger partial charge in [0.15, 0.2) is 0 Å². The molecule has 1 rings (SSSR count). The number of amides is 1. The topological polar surface area (TPSA) is 65.4 Å². The molecule has 1 aromatic carbocycles. The lowest BCUT2D eigenvalue weighted by molar-refractivity contribution is -0.121. The minimum absolute atomic E-state index is 0.00476. The molecule has 1 N–H and O–H groups in total. The van der Waals surface area contributed by atoms with E-state index >= 15 is 0 Å². The van der Waals surface area contributed by atoms with E-state index in [9.17, 15) is 4.79 Å². The number of ether oxygens (including phenoxy) is 1. The summed E-state index contributed by atoms with van der Waals surface area (Å²) >= 11 is 0. The number of hydrogen-bond donors (Lipinski definition) is 1. The molecule has 0 heterocycles. The first kappa shape index (κ1) is 15.0. The molecule has 0 aliphatic heterocycles. The van der Waals surface area contributed by atoms with Gasteiger partial charge in [0.05, 0.1) is 24.8 Å². The summed E-state index contributed by atoms with van der Waals surface area (Å²) in [4.78, 5) is 13.1. The van der Waals surface area contributed by atoms with Gasteiger partial charge in [0.25, 0.3) is 0 Å². The number of nitriles is 1. The second-order valence-corrected chi connectivity index (χ2v) is 4.25. The van der Waals surface area contributed by atoms with E-state index in [1.165, 1.54) is 0 Å². The Bertz CT molecular complexity index is 454. The van der Waals surface area contributed by atoms with Crippen molar-refractivity contribution in [3.8, 4) is 11.8 Å². The summed E-state index contributed by atoms with van der Waals surface area (Å²) in [6.07, 6.45) is 0.824. The number of carbonyl (C=O) groups is 1. The summed E-state index contributed by atoms with van der Waals surface area (Å²) in [5.41, 5.74) is 0.592. The molecule has 0 bridgehead atoms. The lowest BCUT2D eigenvalue weighted by atomic mass is 10.2. The first-order valence-electron chi connectivity index (χ1n) is 6.18. The Balaban J connectivity index is 2.23. The summed E-state index contributed by atoms with van der Waals surface area (Å²) in [5, 5.41) is 11.3. The van der Waals surface area contributed by atoms with Crippen molar-refractivity contribution in [2.24, 2.45) is 0 Å². The number of likely N-dealkylation sites (N-methyl/N-ethyl adjacent to an activating group) is 2. The van der Waals surface area contributed by atoms with Crippen molar-refractivity contribution in [3.05, 3.63) is 29.8 Å². The van der Waals surface area contributed by atoms with E-state index in [4.69, 9.17) is 10.00 Å². The van der Waals surface area contributed by atoms with Gasteiger partial charge in [-0.1, -0.05) is 6.07 Å². The molecular formula is C14H19N3O2.